The first-order valence-electron chi connectivity index (χ1n) is 20.7. The third-order valence-corrected chi connectivity index (χ3v) is 11.4. The summed E-state index contributed by atoms with van der Waals surface area (Å²) in [5.74, 6) is 2.06. The van der Waals surface area contributed by atoms with Crippen LogP contribution < -0.4 is 0 Å². The molecular formula is C54H42N6O2. The molecule has 0 N–H and O–H groups in total. The number of rotatable bonds is 8. The van der Waals surface area contributed by atoms with E-state index < -0.39 is 0 Å². The third kappa shape index (κ3) is 7.26. The number of nitrogens with zero attached hydrogens (tertiary/aromatic N) is 6. The van der Waals surface area contributed by atoms with Gasteiger partial charge < -0.3 is 8.83 Å². The van der Waals surface area contributed by atoms with Crippen molar-refractivity contribution in [3.8, 4) is 90.6 Å². The van der Waals surface area contributed by atoms with Crippen LogP contribution in [-0.2, 0) is 0 Å². The Morgan fingerprint density at radius 3 is 0.903 bits per heavy atom. The van der Waals surface area contributed by atoms with Crippen LogP contribution >= 0.6 is 0 Å². The highest BCUT2D eigenvalue weighted by Crippen LogP contribution is 2.36. The summed E-state index contributed by atoms with van der Waals surface area (Å²) in [6.45, 7) is 12.5. The Hall–Kier alpha value is -7.84. The van der Waals surface area contributed by atoms with E-state index in [2.05, 4.69) is 159 Å². The summed E-state index contributed by atoms with van der Waals surface area (Å²) >= 11 is 0. The molecule has 8 heteroatoms. The molecule has 0 amide bonds. The molecule has 3 heterocycles. The minimum atomic E-state index is 0.493. The summed E-state index contributed by atoms with van der Waals surface area (Å²) in [7, 11) is 0. The van der Waals surface area contributed by atoms with Crippen LogP contribution in [-0.4, -0.2) is 30.4 Å². The van der Waals surface area contributed by atoms with E-state index in [1.165, 1.54) is 11.1 Å². The molecular weight excluding hydrogens is 765 g/mol. The van der Waals surface area contributed by atoms with Crippen LogP contribution in [0.3, 0.4) is 0 Å². The zero-order valence-electron chi connectivity index (χ0n) is 35.4. The van der Waals surface area contributed by atoms with E-state index in [1.807, 2.05) is 48.5 Å². The van der Waals surface area contributed by atoms with Crippen molar-refractivity contribution in [3.63, 3.8) is 0 Å². The Kier molecular flexibility index (Phi) is 9.68. The fourth-order valence-electron chi connectivity index (χ4n) is 8.57. The predicted molar refractivity (Wildman–Crippen MR) is 247 cm³/mol. The second-order valence-corrected chi connectivity index (χ2v) is 16.1. The second-order valence-electron chi connectivity index (χ2n) is 16.1. The Balaban J connectivity index is 0.891. The monoisotopic (exact) mass is 806 g/mol. The first-order valence-corrected chi connectivity index (χ1v) is 20.7. The lowest BCUT2D eigenvalue weighted by atomic mass is 9.97. The van der Waals surface area contributed by atoms with E-state index in [0.29, 0.717) is 23.6 Å². The zero-order chi connectivity index (χ0) is 42.5. The van der Waals surface area contributed by atoms with E-state index in [1.54, 1.807) is 0 Å². The lowest BCUT2D eigenvalue weighted by Gasteiger charge is -2.12. The molecule has 0 aliphatic rings. The molecule has 10 aromatic rings. The van der Waals surface area contributed by atoms with Gasteiger partial charge in [0.1, 0.15) is 0 Å². The van der Waals surface area contributed by atoms with E-state index in [-0.39, 0.29) is 0 Å². The van der Waals surface area contributed by atoms with Gasteiger partial charge in [0.25, 0.3) is 0 Å². The smallest absolute Gasteiger partial charge is 0.248 e. The molecule has 300 valence electrons. The fourth-order valence-corrected chi connectivity index (χ4v) is 8.57. The lowest BCUT2D eigenvalue weighted by molar-refractivity contribution is 0.583. The van der Waals surface area contributed by atoms with Crippen molar-refractivity contribution in [1.82, 2.24) is 30.4 Å². The average Bonchev–Trinajstić information content (AvgIpc) is 3.97. The van der Waals surface area contributed by atoms with E-state index in [9.17, 15) is 0 Å². The number of fused-ring (bicyclic) bond motifs is 1. The van der Waals surface area contributed by atoms with Crippen molar-refractivity contribution in [3.05, 3.63) is 179 Å². The van der Waals surface area contributed by atoms with Crippen LogP contribution in [0.1, 0.15) is 33.4 Å². The highest BCUT2D eigenvalue weighted by atomic mass is 16.4. The standard InChI is InChI=1S/C54H42N6O2/c1-31-27-33(3)47(34(4)28-31)53-59-57-51(61-53)43-23-15-39(16-24-43)37-11-19-41(20-12-37)49-50(56-46-10-8-7-9-45(46)55-49)42-21-13-38(14-22-42)40-17-25-44(26-18-40)52-58-60-54(62-52)48-35(5)29-32(2)30-36(48)6/h7-30H,1-6H3. The molecule has 0 saturated carbocycles. The molecule has 0 saturated heterocycles. The maximum Gasteiger partial charge on any atom is 0.248 e. The summed E-state index contributed by atoms with van der Waals surface area (Å²) in [6, 6.07) is 50.0. The van der Waals surface area contributed by atoms with Crippen molar-refractivity contribution in [2.45, 2.75) is 41.5 Å². The maximum absolute atomic E-state index is 6.17. The van der Waals surface area contributed by atoms with Crippen LogP contribution in [0.5, 0.6) is 0 Å². The number of para-hydroxylation sites is 2. The summed E-state index contributed by atoms with van der Waals surface area (Å²) in [5, 5.41) is 17.5. The Morgan fingerprint density at radius 2 is 0.581 bits per heavy atom. The Morgan fingerprint density at radius 1 is 0.306 bits per heavy atom. The van der Waals surface area contributed by atoms with Gasteiger partial charge >= 0.3 is 0 Å². The molecule has 0 aliphatic heterocycles. The molecule has 0 radical (unpaired) electrons. The topological polar surface area (TPSA) is 104 Å². The normalized spacial score (nSPS) is 11.4. The highest BCUT2D eigenvalue weighted by molar-refractivity contribution is 5.87. The average molecular weight is 807 g/mol. The number of hydrogen-bond acceptors (Lipinski definition) is 8. The van der Waals surface area contributed by atoms with Crippen LogP contribution in [0.2, 0.25) is 0 Å². The molecule has 0 aliphatic carbocycles. The summed E-state index contributed by atoms with van der Waals surface area (Å²) in [6.07, 6.45) is 0. The minimum Gasteiger partial charge on any atom is -0.416 e. The van der Waals surface area contributed by atoms with Gasteiger partial charge in [-0.05, 0) is 122 Å². The first-order chi connectivity index (χ1) is 30.1. The van der Waals surface area contributed by atoms with Crippen molar-refractivity contribution in [2.24, 2.45) is 0 Å². The number of aromatic nitrogens is 6. The summed E-state index contributed by atoms with van der Waals surface area (Å²) in [4.78, 5) is 10.3. The molecule has 8 nitrogen and oxygen atoms in total. The largest absolute Gasteiger partial charge is 0.416 e. The molecule has 0 fully saturated rings. The van der Waals surface area contributed by atoms with Gasteiger partial charge in [-0.25, -0.2) is 9.97 Å². The van der Waals surface area contributed by atoms with Crippen LogP contribution in [0, 0.1) is 41.5 Å². The molecule has 7 aromatic carbocycles. The third-order valence-electron chi connectivity index (χ3n) is 11.4. The van der Waals surface area contributed by atoms with E-state index in [4.69, 9.17) is 18.8 Å². The minimum absolute atomic E-state index is 0.493. The Bertz CT molecular complexity index is 3010. The van der Waals surface area contributed by atoms with Gasteiger partial charge in [0.15, 0.2) is 0 Å². The van der Waals surface area contributed by atoms with E-state index >= 15 is 0 Å². The van der Waals surface area contributed by atoms with Crippen LogP contribution in [0.15, 0.2) is 154 Å². The molecule has 0 unspecified atom stereocenters. The lowest BCUT2D eigenvalue weighted by Crippen LogP contribution is -1.95. The van der Waals surface area contributed by atoms with Gasteiger partial charge in [-0.3, -0.25) is 0 Å². The second kappa shape index (κ2) is 15.6. The molecule has 0 bridgehead atoms. The van der Waals surface area contributed by atoms with Gasteiger partial charge in [-0.2, -0.15) is 0 Å². The van der Waals surface area contributed by atoms with Crippen LogP contribution in [0.25, 0.3) is 102 Å². The van der Waals surface area contributed by atoms with Gasteiger partial charge in [0.05, 0.1) is 22.4 Å². The van der Waals surface area contributed by atoms with Crippen molar-refractivity contribution >= 4 is 11.0 Å². The molecule has 62 heavy (non-hydrogen) atoms. The first kappa shape index (κ1) is 38.4. The van der Waals surface area contributed by atoms with Crippen molar-refractivity contribution < 1.29 is 8.83 Å². The molecule has 0 atom stereocenters. The van der Waals surface area contributed by atoms with E-state index in [0.717, 1.165) is 100 Å². The van der Waals surface area contributed by atoms with Gasteiger partial charge in [0, 0.05) is 33.4 Å². The molecule has 10 rings (SSSR count). The van der Waals surface area contributed by atoms with Gasteiger partial charge in [-0.15, -0.1) is 20.4 Å². The Labute approximate surface area is 360 Å². The van der Waals surface area contributed by atoms with Crippen molar-refractivity contribution in [1.29, 1.82) is 0 Å². The number of hydrogen-bond donors (Lipinski definition) is 0. The SMILES string of the molecule is Cc1cc(C)c(-c2nnc(-c3ccc(-c4ccc(-c5nc6ccccc6nc5-c5ccc(-c6ccc(-c7nnc(-c8c(C)cc(C)cc8C)o7)cc6)cc5)cc4)cc3)o2)c(C)c1. The maximum atomic E-state index is 6.17. The van der Waals surface area contributed by atoms with Crippen LogP contribution in [0.4, 0.5) is 0 Å². The van der Waals surface area contributed by atoms with Gasteiger partial charge in [-0.1, -0.05) is 120 Å². The van der Waals surface area contributed by atoms with Gasteiger partial charge in [0.2, 0.25) is 23.6 Å². The number of benzene rings is 7. The highest BCUT2D eigenvalue weighted by Gasteiger charge is 2.18. The summed E-state index contributed by atoms with van der Waals surface area (Å²) < 4.78 is 12.3. The van der Waals surface area contributed by atoms with Crippen molar-refractivity contribution in [2.75, 3.05) is 0 Å². The molecule has 3 aromatic heterocycles. The fraction of sp³-hybridized carbons (Fsp3) is 0.111. The summed E-state index contributed by atoms with van der Waals surface area (Å²) in [5.41, 5.74) is 20.2. The molecule has 0 spiro atoms. The zero-order valence-corrected chi connectivity index (χ0v) is 35.4. The predicted octanol–water partition coefficient (Wildman–Crippen LogP) is 13.6. The quantitative estimate of drug-likeness (QED) is 0.149. The number of aryl methyl sites for hydroxylation is 6.